The molecule has 0 spiro atoms. The summed E-state index contributed by atoms with van der Waals surface area (Å²) in [6.07, 6.45) is 0.965. The van der Waals surface area contributed by atoms with Crippen molar-refractivity contribution in [3.8, 4) is 5.75 Å². The van der Waals surface area contributed by atoms with Crippen molar-refractivity contribution in [3.05, 3.63) is 59.2 Å². The molecule has 2 aromatic rings. The number of nitrogens with zero attached hydrogens (tertiary/aromatic N) is 1. The Kier molecular flexibility index (Phi) is 7.20. The van der Waals surface area contributed by atoms with E-state index in [4.69, 9.17) is 15.2 Å². The number of benzene rings is 2. The third-order valence-electron chi connectivity index (χ3n) is 5.43. The number of primary amides is 1. The van der Waals surface area contributed by atoms with E-state index in [9.17, 15) is 18.0 Å². The SMILES string of the molecule is COc1ccc(C(=O)OCc2cccc(C(N)=O)c2)cc1S(=O)(=O)N1CC(C)CC(C)C1. The predicted molar refractivity (Wildman–Crippen MR) is 119 cm³/mol. The lowest BCUT2D eigenvalue weighted by molar-refractivity contribution is 0.0472. The molecule has 0 saturated carbocycles. The average Bonchev–Trinajstić information content (AvgIpc) is 2.76. The number of nitrogens with two attached hydrogens (primary N) is 1. The Balaban J connectivity index is 1.83. The maximum atomic E-state index is 13.4. The minimum Gasteiger partial charge on any atom is -0.495 e. The van der Waals surface area contributed by atoms with E-state index in [1.165, 1.54) is 35.7 Å². The second-order valence-corrected chi connectivity index (χ2v) is 10.2. The molecule has 1 aliphatic heterocycles. The Morgan fingerprint density at radius 3 is 2.38 bits per heavy atom. The number of hydrogen-bond donors (Lipinski definition) is 1. The van der Waals surface area contributed by atoms with Gasteiger partial charge in [-0.3, -0.25) is 4.79 Å². The van der Waals surface area contributed by atoms with Gasteiger partial charge in [-0.15, -0.1) is 0 Å². The molecule has 2 atom stereocenters. The Labute approximate surface area is 188 Å². The number of ether oxygens (including phenoxy) is 2. The molecule has 0 bridgehead atoms. The summed E-state index contributed by atoms with van der Waals surface area (Å²) in [6.45, 7) is 4.80. The summed E-state index contributed by atoms with van der Waals surface area (Å²) in [7, 11) is -2.47. The van der Waals surface area contributed by atoms with Crippen molar-refractivity contribution < 1.29 is 27.5 Å². The van der Waals surface area contributed by atoms with Gasteiger partial charge in [-0.25, -0.2) is 13.2 Å². The molecule has 2 aromatic carbocycles. The molecular formula is C23H28N2O6S. The van der Waals surface area contributed by atoms with Crippen molar-refractivity contribution in [2.24, 2.45) is 17.6 Å². The second kappa shape index (κ2) is 9.70. The van der Waals surface area contributed by atoms with Crippen LogP contribution in [-0.4, -0.2) is 44.8 Å². The molecule has 32 heavy (non-hydrogen) atoms. The molecular weight excluding hydrogens is 432 g/mol. The first kappa shape index (κ1) is 23.7. The van der Waals surface area contributed by atoms with E-state index in [0.29, 0.717) is 24.2 Å². The lowest BCUT2D eigenvalue weighted by Gasteiger charge is -2.34. The molecule has 8 nitrogen and oxygen atoms in total. The summed E-state index contributed by atoms with van der Waals surface area (Å²) in [5, 5.41) is 0. The van der Waals surface area contributed by atoms with Crippen LogP contribution in [0.5, 0.6) is 5.75 Å². The fraction of sp³-hybridized carbons (Fsp3) is 0.391. The zero-order valence-corrected chi connectivity index (χ0v) is 19.2. The van der Waals surface area contributed by atoms with Gasteiger partial charge >= 0.3 is 5.97 Å². The summed E-state index contributed by atoms with van der Waals surface area (Å²) in [4.78, 5) is 23.9. The number of piperidine rings is 1. The van der Waals surface area contributed by atoms with Crippen LogP contribution in [0.25, 0.3) is 0 Å². The molecule has 2 N–H and O–H groups in total. The molecule has 1 fully saturated rings. The van der Waals surface area contributed by atoms with E-state index in [2.05, 4.69) is 0 Å². The Bertz CT molecular complexity index is 1110. The molecule has 1 saturated heterocycles. The van der Waals surface area contributed by atoms with Crippen molar-refractivity contribution >= 4 is 21.9 Å². The van der Waals surface area contributed by atoms with E-state index >= 15 is 0 Å². The lowest BCUT2D eigenvalue weighted by atomic mass is 9.94. The van der Waals surface area contributed by atoms with Crippen LogP contribution in [0.2, 0.25) is 0 Å². The van der Waals surface area contributed by atoms with Crippen molar-refractivity contribution in [2.45, 2.75) is 31.8 Å². The number of carbonyl (C=O) groups is 2. The number of esters is 1. The second-order valence-electron chi connectivity index (χ2n) is 8.27. The highest BCUT2D eigenvalue weighted by atomic mass is 32.2. The highest BCUT2D eigenvalue weighted by molar-refractivity contribution is 7.89. The molecule has 1 amide bonds. The Hall–Kier alpha value is -2.91. The number of sulfonamides is 1. The molecule has 0 aliphatic carbocycles. The van der Waals surface area contributed by atoms with Gasteiger partial charge in [0.1, 0.15) is 17.3 Å². The molecule has 9 heteroatoms. The van der Waals surface area contributed by atoms with Gasteiger partial charge in [-0.2, -0.15) is 4.31 Å². The van der Waals surface area contributed by atoms with Gasteiger partial charge in [0.25, 0.3) is 0 Å². The number of methoxy groups -OCH3 is 1. The third kappa shape index (κ3) is 5.28. The highest BCUT2D eigenvalue weighted by Gasteiger charge is 2.34. The predicted octanol–water partition coefficient (Wildman–Crippen LogP) is 2.82. The van der Waals surface area contributed by atoms with Crippen molar-refractivity contribution in [1.29, 1.82) is 0 Å². The normalized spacial score (nSPS) is 19.3. The van der Waals surface area contributed by atoms with Crippen molar-refractivity contribution in [3.63, 3.8) is 0 Å². The molecule has 172 valence electrons. The standard InChI is InChI=1S/C23H28N2O6S/c1-15-9-16(2)13-25(12-15)32(28,29)21-11-19(7-8-20(21)30-3)23(27)31-14-17-5-4-6-18(10-17)22(24)26/h4-8,10-11,15-16H,9,12-14H2,1-3H3,(H2,24,26). The maximum Gasteiger partial charge on any atom is 0.338 e. The monoisotopic (exact) mass is 460 g/mol. The minimum absolute atomic E-state index is 0.0634. The van der Waals surface area contributed by atoms with E-state index in [0.717, 1.165) is 6.42 Å². The number of carbonyl (C=O) groups excluding carboxylic acids is 2. The topological polar surface area (TPSA) is 116 Å². The van der Waals surface area contributed by atoms with E-state index < -0.39 is 21.9 Å². The van der Waals surface area contributed by atoms with Gasteiger partial charge < -0.3 is 15.2 Å². The summed E-state index contributed by atoms with van der Waals surface area (Å²) in [5.74, 6) is -0.618. The summed E-state index contributed by atoms with van der Waals surface area (Å²) in [6, 6.07) is 10.6. The third-order valence-corrected chi connectivity index (χ3v) is 7.29. The van der Waals surface area contributed by atoms with Gasteiger partial charge in [-0.1, -0.05) is 26.0 Å². The summed E-state index contributed by atoms with van der Waals surface area (Å²) < 4.78 is 38.8. The quantitative estimate of drug-likeness (QED) is 0.635. The average molecular weight is 461 g/mol. The fourth-order valence-electron chi connectivity index (χ4n) is 3.99. The van der Waals surface area contributed by atoms with Gasteiger partial charge in [-0.05, 0) is 54.2 Å². The highest BCUT2D eigenvalue weighted by Crippen LogP contribution is 2.32. The summed E-state index contributed by atoms with van der Waals surface area (Å²) >= 11 is 0. The maximum absolute atomic E-state index is 13.4. The van der Waals surface area contributed by atoms with Crippen LogP contribution in [0.4, 0.5) is 0 Å². The molecule has 1 aliphatic rings. The van der Waals surface area contributed by atoms with Crippen LogP contribution in [0.1, 0.15) is 46.5 Å². The van der Waals surface area contributed by atoms with Crippen LogP contribution in [0.15, 0.2) is 47.4 Å². The lowest BCUT2D eigenvalue weighted by Crippen LogP contribution is -2.42. The van der Waals surface area contributed by atoms with E-state index in [-0.39, 0.29) is 34.7 Å². The Morgan fingerprint density at radius 1 is 1.06 bits per heavy atom. The zero-order valence-electron chi connectivity index (χ0n) is 18.4. The van der Waals surface area contributed by atoms with Crippen LogP contribution < -0.4 is 10.5 Å². The van der Waals surface area contributed by atoms with Crippen LogP contribution in [-0.2, 0) is 21.4 Å². The summed E-state index contributed by atoms with van der Waals surface area (Å²) in [5.41, 5.74) is 6.26. The van der Waals surface area contributed by atoms with Gasteiger partial charge in [0, 0.05) is 18.7 Å². The van der Waals surface area contributed by atoms with Gasteiger partial charge in [0.05, 0.1) is 12.7 Å². The minimum atomic E-state index is -3.86. The van der Waals surface area contributed by atoms with Gasteiger partial charge in [0.2, 0.25) is 15.9 Å². The Morgan fingerprint density at radius 2 is 1.75 bits per heavy atom. The van der Waals surface area contributed by atoms with Crippen molar-refractivity contribution in [2.75, 3.05) is 20.2 Å². The van der Waals surface area contributed by atoms with Crippen molar-refractivity contribution in [1.82, 2.24) is 4.31 Å². The first-order valence-electron chi connectivity index (χ1n) is 10.4. The number of rotatable bonds is 7. The van der Waals surface area contributed by atoms with Crippen LogP contribution in [0.3, 0.4) is 0 Å². The fourth-order valence-corrected chi connectivity index (χ4v) is 5.85. The first-order chi connectivity index (χ1) is 15.1. The molecule has 0 radical (unpaired) electrons. The zero-order chi connectivity index (χ0) is 23.5. The van der Waals surface area contributed by atoms with E-state index in [1.54, 1.807) is 18.2 Å². The smallest absolute Gasteiger partial charge is 0.338 e. The van der Waals surface area contributed by atoms with E-state index in [1.807, 2.05) is 13.8 Å². The number of hydrogen-bond acceptors (Lipinski definition) is 6. The first-order valence-corrected chi connectivity index (χ1v) is 11.8. The van der Waals surface area contributed by atoms with Gasteiger partial charge in [0.15, 0.2) is 0 Å². The molecule has 3 rings (SSSR count). The largest absolute Gasteiger partial charge is 0.495 e. The number of amides is 1. The molecule has 0 aromatic heterocycles. The van der Waals surface area contributed by atoms with Crippen LogP contribution in [0, 0.1) is 11.8 Å². The molecule has 2 unspecified atom stereocenters. The van der Waals surface area contributed by atoms with Crippen LogP contribution >= 0.6 is 0 Å². The molecule has 1 heterocycles.